The van der Waals surface area contributed by atoms with Gasteiger partial charge in [0.05, 0.1) is 5.69 Å². The van der Waals surface area contributed by atoms with Crippen molar-refractivity contribution in [2.45, 2.75) is 6.92 Å². The molecule has 2 nitrogen and oxygen atoms in total. The van der Waals surface area contributed by atoms with E-state index in [9.17, 15) is 0 Å². The molecule has 0 saturated heterocycles. The predicted octanol–water partition coefficient (Wildman–Crippen LogP) is 7.46. The first-order chi connectivity index (χ1) is 18.1. The van der Waals surface area contributed by atoms with Crippen LogP contribution >= 0.6 is 7.14 Å². The highest BCUT2D eigenvalue weighted by atomic mass is 31.2. The van der Waals surface area contributed by atoms with E-state index in [-0.39, 0.29) is 0 Å². The van der Waals surface area contributed by atoms with Gasteiger partial charge in [0.2, 0.25) is 0 Å². The summed E-state index contributed by atoms with van der Waals surface area (Å²) >= 11 is 0. The molecule has 0 spiro atoms. The van der Waals surface area contributed by atoms with Crippen LogP contribution in [0.5, 0.6) is 0 Å². The maximum atomic E-state index is 15.4. The molecule has 0 atom stereocenters. The summed E-state index contributed by atoms with van der Waals surface area (Å²) in [6.07, 6.45) is 0. The van der Waals surface area contributed by atoms with Crippen molar-refractivity contribution in [1.29, 1.82) is 0 Å². The largest absolute Gasteiger partial charge is 0.343 e. The number of hydrogen-bond acceptors (Lipinski definition) is 1. The maximum Gasteiger partial charge on any atom is 0.171 e. The van der Waals surface area contributed by atoms with Gasteiger partial charge in [-0.2, -0.15) is 0 Å². The Kier molecular flexibility index (Phi) is 5.91. The fourth-order valence-electron chi connectivity index (χ4n) is 5.37. The van der Waals surface area contributed by atoms with E-state index < -0.39 is 7.14 Å². The molecule has 0 fully saturated rings. The number of aromatic nitrogens is 1. The second kappa shape index (κ2) is 9.39. The Morgan fingerprint density at radius 1 is 0.595 bits per heavy atom. The van der Waals surface area contributed by atoms with Crippen molar-refractivity contribution in [2.24, 2.45) is 7.05 Å². The Hall–Kier alpha value is -4.13. The lowest BCUT2D eigenvalue weighted by Crippen LogP contribution is -2.26. The molecular weight excluding hydrogens is 469 g/mol. The van der Waals surface area contributed by atoms with Crippen LogP contribution < -0.4 is 15.9 Å². The molecule has 0 radical (unpaired) electrons. The van der Waals surface area contributed by atoms with Crippen LogP contribution in [0.1, 0.15) is 5.56 Å². The Balaban J connectivity index is 1.72. The third-order valence-electron chi connectivity index (χ3n) is 7.19. The van der Waals surface area contributed by atoms with Gasteiger partial charge in [-0.05, 0) is 18.6 Å². The van der Waals surface area contributed by atoms with Crippen LogP contribution in [0, 0.1) is 6.92 Å². The molecule has 0 unspecified atom stereocenters. The predicted molar refractivity (Wildman–Crippen MR) is 158 cm³/mol. The minimum absolute atomic E-state index is 0.837. The van der Waals surface area contributed by atoms with E-state index in [4.69, 9.17) is 0 Å². The summed E-state index contributed by atoms with van der Waals surface area (Å²) < 4.78 is 17.7. The van der Waals surface area contributed by atoms with Gasteiger partial charge in [0, 0.05) is 45.0 Å². The first kappa shape index (κ1) is 23.3. The Bertz CT molecular complexity index is 1710. The summed E-state index contributed by atoms with van der Waals surface area (Å²) in [4.78, 5) is 0. The summed E-state index contributed by atoms with van der Waals surface area (Å²) in [7, 11) is -1.06. The number of aryl methyl sites for hydroxylation is 2. The highest BCUT2D eigenvalue weighted by Crippen LogP contribution is 2.48. The van der Waals surface area contributed by atoms with Crippen molar-refractivity contribution >= 4 is 34.0 Å². The molecule has 37 heavy (non-hydrogen) atoms. The van der Waals surface area contributed by atoms with Crippen molar-refractivity contribution in [1.82, 2.24) is 4.57 Å². The summed E-state index contributed by atoms with van der Waals surface area (Å²) in [5.74, 6) is 0. The molecule has 0 amide bonds. The molecule has 5 aromatic carbocycles. The van der Waals surface area contributed by atoms with Gasteiger partial charge in [-0.25, -0.2) is 0 Å². The van der Waals surface area contributed by atoms with Gasteiger partial charge in [0.1, 0.15) is 0 Å². The van der Waals surface area contributed by atoms with Crippen LogP contribution in [0.15, 0.2) is 133 Å². The molecule has 180 valence electrons. The van der Waals surface area contributed by atoms with Gasteiger partial charge in [-0.1, -0.05) is 133 Å². The van der Waals surface area contributed by atoms with Crippen molar-refractivity contribution in [3.63, 3.8) is 0 Å². The van der Waals surface area contributed by atoms with Crippen LogP contribution in [0.25, 0.3) is 33.3 Å². The number of hydrogen-bond donors (Lipinski definition) is 0. The Labute approximate surface area is 218 Å². The zero-order valence-electron chi connectivity index (χ0n) is 21.0. The minimum atomic E-state index is -3.18. The molecule has 0 aliphatic rings. The van der Waals surface area contributed by atoms with Crippen LogP contribution in [0.2, 0.25) is 0 Å². The monoisotopic (exact) mass is 497 g/mol. The maximum absolute atomic E-state index is 15.4. The topological polar surface area (TPSA) is 22.0 Å². The zero-order chi connectivity index (χ0) is 25.4. The second-order valence-electron chi connectivity index (χ2n) is 9.46. The Morgan fingerprint density at radius 3 is 1.78 bits per heavy atom. The lowest BCUT2D eigenvalue weighted by atomic mass is 9.97. The molecule has 6 rings (SSSR count). The average molecular weight is 498 g/mol. The standard InChI is InChI=1S/C34H28NOP/c1-25-21-23-26(24-22-25)33-29-17-9-11-19-31(29)35(2)34(33)30-18-10-12-20-32(30)37(36,27-13-5-3-6-14-27)28-15-7-4-8-16-28/h3-24H,1-2H3. The van der Waals surface area contributed by atoms with Crippen molar-refractivity contribution in [2.75, 3.05) is 0 Å². The van der Waals surface area contributed by atoms with Crippen LogP contribution in [0.3, 0.4) is 0 Å². The van der Waals surface area contributed by atoms with E-state index >= 15 is 4.57 Å². The third kappa shape index (κ3) is 3.86. The minimum Gasteiger partial charge on any atom is -0.343 e. The van der Waals surface area contributed by atoms with Crippen LogP contribution in [-0.4, -0.2) is 4.57 Å². The van der Waals surface area contributed by atoms with Crippen LogP contribution in [-0.2, 0) is 11.6 Å². The van der Waals surface area contributed by atoms with Crippen molar-refractivity contribution in [3.8, 4) is 22.4 Å². The fourth-order valence-corrected chi connectivity index (χ4v) is 8.23. The third-order valence-corrected chi connectivity index (χ3v) is 10.3. The lowest BCUT2D eigenvalue weighted by molar-refractivity contribution is 0.592. The van der Waals surface area contributed by atoms with Gasteiger partial charge in [-0.15, -0.1) is 0 Å². The molecule has 1 heterocycles. The van der Waals surface area contributed by atoms with Crippen molar-refractivity contribution in [3.05, 3.63) is 139 Å². The number of benzene rings is 5. The fraction of sp³-hybridized carbons (Fsp3) is 0.0588. The van der Waals surface area contributed by atoms with E-state index in [0.29, 0.717) is 0 Å². The van der Waals surface area contributed by atoms with Gasteiger partial charge in [-0.3, -0.25) is 0 Å². The molecule has 1 aromatic heterocycles. The number of para-hydroxylation sites is 1. The van der Waals surface area contributed by atoms with Gasteiger partial charge >= 0.3 is 0 Å². The van der Waals surface area contributed by atoms with E-state index in [2.05, 4.69) is 79.2 Å². The smallest absolute Gasteiger partial charge is 0.171 e. The molecule has 0 aliphatic carbocycles. The SMILES string of the molecule is Cc1ccc(-c2c(-c3ccccc3P(=O)(c3ccccc3)c3ccccc3)n(C)c3ccccc23)cc1. The number of nitrogens with zero attached hydrogens (tertiary/aromatic N) is 1. The first-order valence-electron chi connectivity index (χ1n) is 12.5. The molecule has 0 N–H and O–H groups in total. The molecular formula is C34H28NOP. The molecule has 0 aliphatic heterocycles. The molecule has 0 bridgehead atoms. The van der Waals surface area contributed by atoms with Gasteiger partial charge < -0.3 is 9.13 Å². The van der Waals surface area contributed by atoms with Gasteiger partial charge in [0.15, 0.2) is 7.14 Å². The molecule has 6 aromatic rings. The number of rotatable bonds is 5. The van der Waals surface area contributed by atoms with Crippen LogP contribution in [0.4, 0.5) is 0 Å². The quantitative estimate of drug-likeness (QED) is 0.227. The normalized spacial score (nSPS) is 11.6. The average Bonchev–Trinajstić information content (AvgIpc) is 3.26. The van der Waals surface area contributed by atoms with E-state index in [1.54, 1.807) is 0 Å². The summed E-state index contributed by atoms with van der Waals surface area (Å²) in [6, 6.07) is 45.3. The number of fused-ring (bicyclic) bond motifs is 1. The van der Waals surface area contributed by atoms with E-state index in [1.165, 1.54) is 16.5 Å². The molecule has 3 heteroatoms. The van der Waals surface area contributed by atoms with Crippen molar-refractivity contribution < 1.29 is 4.57 Å². The first-order valence-corrected chi connectivity index (χ1v) is 14.3. The highest BCUT2D eigenvalue weighted by molar-refractivity contribution is 7.85. The second-order valence-corrected chi connectivity index (χ2v) is 12.2. The molecule has 0 saturated carbocycles. The Morgan fingerprint density at radius 2 is 1.14 bits per heavy atom. The van der Waals surface area contributed by atoms with Gasteiger partial charge in [0.25, 0.3) is 0 Å². The zero-order valence-corrected chi connectivity index (χ0v) is 21.9. The van der Waals surface area contributed by atoms with E-state index in [0.717, 1.165) is 38.3 Å². The summed E-state index contributed by atoms with van der Waals surface area (Å²) in [5.41, 5.74) is 6.76. The van der Waals surface area contributed by atoms with E-state index in [1.807, 2.05) is 72.8 Å². The summed E-state index contributed by atoms with van der Waals surface area (Å²) in [6.45, 7) is 2.11. The lowest BCUT2D eigenvalue weighted by Gasteiger charge is -2.23. The highest BCUT2D eigenvalue weighted by Gasteiger charge is 2.33. The summed E-state index contributed by atoms with van der Waals surface area (Å²) in [5, 5.41) is 3.72.